The number of rotatable bonds is 3. The smallest absolute Gasteiger partial charge is 0.254 e. The number of para-hydroxylation sites is 1. The number of ether oxygens (including phenoxy) is 1. The molecule has 0 spiro atoms. The number of carbonyl (C=O) groups is 1. The fraction of sp³-hybridized carbons (Fsp3) is 0.0833. The number of halogens is 2. The summed E-state index contributed by atoms with van der Waals surface area (Å²) in [6.07, 6.45) is 1.48. The van der Waals surface area contributed by atoms with Crippen molar-refractivity contribution in [1.82, 2.24) is 15.3 Å². The third-order valence-corrected chi connectivity index (χ3v) is 2.97. The van der Waals surface area contributed by atoms with Gasteiger partial charge in [0.25, 0.3) is 5.91 Å². The van der Waals surface area contributed by atoms with Gasteiger partial charge in [-0.15, -0.1) is 0 Å². The average Bonchev–Trinajstić information content (AvgIpc) is 2.42. The fourth-order valence-corrected chi connectivity index (χ4v) is 1.78. The summed E-state index contributed by atoms with van der Waals surface area (Å²) >= 11 is 8.97. The highest BCUT2D eigenvalue weighted by molar-refractivity contribution is 9.10. The number of nitrogens with one attached hydrogen (secondary N) is 1. The molecule has 0 unspecified atom stereocenters. The van der Waals surface area contributed by atoms with Crippen LogP contribution < -0.4 is 10.1 Å². The predicted molar refractivity (Wildman–Crippen MR) is 74.6 cm³/mol. The van der Waals surface area contributed by atoms with Crippen LogP contribution in [-0.2, 0) is 0 Å². The van der Waals surface area contributed by atoms with E-state index in [0.717, 1.165) is 0 Å². The molecule has 1 aromatic carbocycles. The van der Waals surface area contributed by atoms with Crippen molar-refractivity contribution in [2.75, 3.05) is 7.05 Å². The molecule has 2 aromatic rings. The molecule has 0 atom stereocenters. The molecule has 0 saturated heterocycles. The van der Waals surface area contributed by atoms with Crippen molar-refractivity contribution in [3.8, 4) is 11.6 Å². The molecule has 0 aliphatic rings. The molecule has 19 heavy (non-hydrogen) atoms. The van der Waals surface area contributed by atoms with E-state index in [2.05, 4.69) is 31.2 Å². The molecule has 1 heterocycles. The molecule has 5 nitrogen and oxygen atoms in total. The maximum absolute atomic E-state index is 11.7. The number of amides is 1. The number of carbonyl (C=O) groups excluding carboxylic acids is 1. The summed E-state index contributed by atoms with van der Waals surface area (Å²) in [6, 6.07) is 6.84. The van der Waals surface area contributed by atoms with Crippen LogP contribution in [0.2, 0.25) is 5.28 Å². The number of hydrogen-bond donors (Lipinski definition) is 1. The standard InChI is InChI=1S/C12H9BrClN3O2/c1-15-10(18)7-4-2-3-5-9(7)19-11-8(13)6-16-12(14)17-11/h2-6H,1H3,(H,15,18). The molecule has 0 saturated carbocycles. The summed E-state index contributed by atoms with van der Waals surface area (Å²) in [5.41, 5.74) is 0.409. The molecular weight excluding hydrogens is 334 g/mol. The van der Waals surface area contributed by atoms with Gasteiger partial charge in [-0.3, -0.25) is 4.79 Å². The molecule has 0 fully saturated rings. The van der Waals surface area contributed by atoms with Crippen molar-refractivity contribution in [3.05, 3.63) is 45.8 Å². The molecule has 0 aliphatic heterocycles. The number of nitrogens with zero attached hydrogens (tertiary/aromatic N) is 2. The van der Waals surface area contributed by atoms with Crippen LogP contribution in [0, 0.1) is 0 Å². The minimum Gasteiger partial charge on any atom is -0.437 e. The highest BCUT2D eigenvalue weighted by atomic mass is 79.9. The van der Waals surface area contributed by atoms with Crippen LogP contribution in [0.3, 0.4) is 0 Å². The summed E-state index contributed by atoms with van der Waals surface area (Å²) < 4.78 is 6.15. The third-order valence-electron chi connectivity index (χ3n) is 2.25. The molecule has 7 heteroatoms. The van der Waals surface area contributed by atoms with E-state index in [1.165, 1.54) is 6.20 Å². The van der Waals surface area contributed by atoms with Gasteiger partial charge in [0.05, 0.1) is 10.0 Å². The van der Waals surface area contributed by atoms with E-state index in [1.54, 1.807) is 31.3 Å². The van der Waals surface area contributed by atoms with Crippen LogP contribution in [0.25, 0.3) is 0 Å². The highest BCUT2D eigenvalue weighted by Gasteiger charge is 2.13. The van der Waals surface area contributed by atoms with Crippen molar-refractivity contribution in [1.29, 1.82) is 0 Å². The van der Waals surface area contributed by atoms with Gasteiger partial charge < -0.3 is 10.1 Å². The Balaban J connectivity index is 2.38. The highest BCUT2D eigenvalue weighted by Crippen LogP contribution is 2.29. The van der Waals surface area contributed by atoms with Crippen LogP contribution in [0.1, 0.15) is 10.4 Å². The molecular formula is C12H9BrClN3O2. The van der Waals surface area contributed by atoms with Crippen molar-refractivity contribution in [2.24, 2.45) is 0 Å². The summed E-state index contributed by atoms with van der Waals surface area (Å²) in [5, 5.41) is 2.61. The molecule has 1 amide bonds. The SMILES string of the molecule is CNC(=O)c1ccccc1Oc1nc(Cl)ncc1Br. The van der Waals surface area contributed by atoms with Crippen LogP contribution in [0.5, 0.6) is 11.6 Å². The third kappa shape index (κ3) is 3.21. The van der Waals surface area contributed by atoms with Crippen LogP contribution in [0.15, 0.2) is 34.9 Å². The summed E-state index contributed by atoms with van der Waals surface area (Å²) in [6.45, 7) is 0. The molecule has 0 aliphatic carbocycles. The first kappa shape index (κ1) is 13.8. The zero-order valence-corrected chi connectivity index (χ0v) is 12.2. The topological polar surface area (TPSA) is 64.1 Å². The second-order valence-electron chi connectivity index (χ2n) is 3.47. The molecule has 1 N–H and O–H groups in total. The van der Waals surface area contributed by atoms with E-state index in [4.69, 9.17) is 16.3 Å². The second-order valence-corrected chi connectivity index (χ2v) is 4.66. The Kier molecular flexibility index (Phi) is 4.34. The lowest BCUT2D eigenvalue weighted by molar-refractivity contribution is 0.0960. The second kappa shape index (κ2) is 5.99. The Bertz CT molecular complexity index is 622. The molecule has 0 radical (unpaired) electrons. The number of hydrogen-bond acceptors (Lipinski definition) is 4. The van der Waals surface area contributed by atoms with Crippen molar-refractivity contribution in [2.45, 2.75) is 0 Å². The first-order chi connectivity index (χ1) is 9.11. The summed E-state index contributed by atoms with van der Waals surface area (Å²) in [4.78, 5) is 19.5. The lowest BCUT2D eigenvalue weighted by atomic mass is 10.2. The zero-order chi connectivity index (χ0) is 13.8. The Morgan fingerprint density at radius 3 is 2.89 bits per heavy atom. The molecule has 1 aromatic heterocycles. The lowest BCUT2D eigenvalue weighted by Gasteiger charge is -2.10. The van der Waals surface area contributed by atoms with Crippen molar-refractivity contribution < 1.29 is 9.53 Å². The Morgan fingerprint density at radius 2 is 2.16 bits per heavy atom. The summed E-state index contributed by atoms with van der Waals surface area (Å²) in [5.74, 6) is 0.389. The Morgan fingerprint density at radius 1 is 1.42 bits per heavy atom. The van der Waals surface area contributed by atoms with Gasteiger partial charge in [0.15, 0.2) is 0 Å². The van der Waals surface area contributed by atoms with Gasteiger partial charge in [-0.25, -0.2) is 4.98 Å². The van der Waals surface area contributed by atoms with Gasteiger partial charge in [-0.1, -0.05) is 12.1 Å². The van der Waals surface area contributed by atoms with E-state index in [0.29, 0.717) is 15.8 Å². The van der Waals surface area contributed by atoms with Gasteiger partial charge in [0.1, 0.15) is 5.75 Å². The average molecular weight is 343 g/mol. The van der Waals surface area contributed by atoms with Gasteiger partial charge in [0, 0.05) is 13.2 Å². The maximum atomic E-state index is 11.7. The normalized spacial score (nSPS) is 10.1. The van der Waals surface area contributed by atoms with Crippen molar-refractivity contribution >= 4 is 33.4 Å². The lowest BCUT2D eigenvalue weighted by Crippen LogP contribution is -2.18. The van der Waals surface area contributed by atoms with Gasteiger partial charge in [-0.05, 0) is 39.7 Å². The molecule has 2 rings (SSSR count). The summed E-state index contributed by atoms with van der Waals surface area (Å²) in [7, 11) is 1.55. The number of aromatic nitrogens is 2. The van der Waals surface area contributed by atoms with Crippen molar-refractivity contribution in [3.63, 3.8) is 0 Å². The minimum absolute atomic E-state index is 0.0654. The van der Waals surface area contributed by atoms with Crippen LogP contribution in [0.4, 0.5) is 0 Å². The first-order valence-electron chi connectivity index (χ1n) is 5.29. The van der Waals surface area contributed by atoms with Gasteiger partial charge in [0.2, 0.25) is 11.2 Å². The van der Waals surface area contributed by atoms with Gasteiger partial charge >= 0.3 is 0 Å². The minimum atomic E-state index is -0.244. The maximum Gasteiger partial charge on any atom is 0.254 e. The van der Waals surface area contributed by atoms with E-state index < -0.39 is 0 Å². The predicted octanol–water partition coefficient (Wildman–Crippen LogP) is 3.04. The first-order valence-corrected chi connectivity index (χ1v) is 6.46. The van der Waals surface area contributed by atoms with Crippen LogP contribution >= 0.6 is 27.5 Å². The molecule has 0 bridgehead atoms. The quantitative estimate of drug-likeness (QED) is 0.871. The van der Waals surface area contributed by atoms with E-state index in [-0.39, 0.29) is 17.1 Å². The van der Waals surface area contributed by atoms with E-state index >= 15 is 0 Å². The molecule has 98 valence electrons. The van der Waals surface area contributed by atoms with E-state index in [1.807, 2.05) is 0 Å². The monoisotopic (exact) mass is 341 g/mol. The van der Waals surface area contributed by atoms with E-state index in [9.17, 15) is 4.79 Å². The largest absolute Gasteiger partial charge is 0.437 e. The van der Waals surface area contributed by atoms with Crippen LogP contribution in [-0.4, -0.2) is 22.9 Å². The Labute approximate surface area is 123 Å². The number of benzene rings is 1. The fourth-order valence-electron chi connectivity index (χ4n) is 1.38. The van der Waals surface area contributed by atoms with Gasteiger partial charge in [-0.2, -0.15) is 4.98 Å². The zero-order valence-electron chi connectivity index (χ0n) is 9.85. The Hall–Kier alpha value is -1.66.